The Bertz CT molecular complexity index is 286. The lowest BCUT2D eigenvalue weighted by Gasteiger charge is -2.06. The van der Waals surface area contributed by atoms with Crippen LogP contribution in [0.2, 0.25) is 25.1 Å². The van der Waals surface area contributed by atoms with Gasteiger partial charge in [0.15, 0.2) is 5.75 Å². The molecular weight excluding hydrogens is 375 g/mol. The predicted octanol–water partition coefficient (Wildman–Crippen LogP) is 8.03. The van der Waals surface area contributed by atoms with Crippen molar-refractivity contribution < 1.29 is 5.11 Å². The molecule has 0 spiro atoms. The summed E-state index contributed by atoms with van der Waals surface area (Å²) in [6.45, 7) is 24.0. The zero-order chi connectivity index (χ0) is 17.5. The second-order valence-corrected chi connectivity index (χ2v) is 3.81. The van der Waals surface area contributed by atoms with Gasteiger partial charge in [0.25, 0.3) is 0 Å². The van der Waals surface area contributed by atoms with E-state index in [0.29, 0.717) is 0 Å². The highest BCUT2D eigenvalue weighted by Gasteiger charge is 2.18. The molecule has 21 heavy (non-hydrogen) atoms. The average Bonchev–Trinajstić information content (AvgIpc) is 2.56. The number of halogens is 5. The Hall–Kier alpha value is -0.610. The van der Waals surface area contributed by atoms with E-state index >= 15 is 0 Å². The lowest BCUT2D eigenvalue weighted by molar-refractivity contribution is 0.476. The van der Waals surface area contributed by atoms with Crippen LogP contribution in [0.25, 0.3) is 0 Å². The van der Waals surface area contributed by atoms with E-state index in [-0.39, 0.29) is 37.0 Å². The summed E-state index contributed by atoms with van der Waals surface area (Å²) in [5, 5.41) is 9.01. The van der Waals surface area contributed by atoms with Gasteiger partial charge in [-0.15, -0.1) is 52.6 Å². The predicted molar refractivity (Wildman–Crippen MR) is 103 cm³/mol. The van der Waals surface area contributed by atoms with Crippen molar-refractivity contribution in [2.24, 2.45) is 0 Å². The van der Waals surface area contributed by atoms with E-state index < -0.39 is 0 Å². The maximum Gasteiger partial charge on any atom is 0.155 e. The summed E-state index contributed by atoms with van der Waals surface area (Å²) in [6.07, 6.45) is 0. The summed E-state index contributed by atoms with van der Waals surface area (Å²) in [5.74, 6) is -0.363. The van der Waals surface area contributed by atoms with Crippen LogP contribution >= 0.6 is 58.0 Å². The van der Waals surface area contributed by atoms with E-state index in [1.165, 1.54) is 0 Å². The van der Waals surface area contributed by atoms with Gasteiger partial charge < -0.3 is 11.3 Å². The van der Waals surface area contributed by atoms with Gasteiger partial charge in [0, 0.05) is 0 Å². The molecule has 0 aromatic heterocycles. The summed E-state index contributed by atoms with van der Waals surface area (Å²) in [5.41, 5.74) is 0. The molecule has 0 bridgehead atoms. The fourth-order valence-corrected chi connectivity index (χ4v) is 1.72. The molecule has 0 saturated heterocycles. The molecule has 7 heteroatoms. The van der Waals surface area contributed by atoms with Crippen molar-refractivity contribution in [3.05, 3.63) is 77.7 Å². The van der Waals surface area contributed by atoms with Gasteiger partial charge in [-0.05, 0) is 0 Å². The summed E-state index contributed by atoms with van der Waals surface area (Å²) in [4.78, 5) is 0. The largest absolute Gasteiger partial charge is 0.505 e. The standard InChI is InChI=1S/C6HCl5O.4C2H4.H3N/c7-1-2(8)4(10)6(12)5(11)3(1)9;4*1-2;/h12H;4*1-2H2;1H3. The van der Waals surface area contributed by atoms with Crippen LogP contribution in [0.1, 0.15) is 0 Å². The Morgan fingerprint density at radius 3 is 0.810 bits per heavy atom. The Balaban J connectivity index is -0.0000000823. The van der Waals surface area contributed by atoms with Gasteiger partial charge in [0.2, 0.25) is 0 Å². The van der Waals surface area contributed by atoms with Gasteiger partial charge in [-0.2, -0.15) is 0 Å². The molecule has 1 aromatic carbocycles. The summed E-state index contributed by atoms with van der Waals surface area (Å²) >= 11 is 27.9. The molecule has 0 fully saturated rings. The SMILES string of the molecule is C=C.C=C.C=C.C=C.N.Oc1c(Cl)c(Cl)c(Cl)c(Cl)c1Cl. The molecule has 1 aromatic rings. The Kier molecular flexibility index (Phi) is 33.4. The third kappa shape index (κ3) is 10.7. The summed E-state index contributed by atoms with van der Waals surface area (Å²) in [7, 11) is 0. The molecule has 0 radical (unpaired) electrons. The van der Waals surface area contributed by atoms with Crippen molar-refractivity contribution >= 4 is 58.0 Å². The van der Waals surface area contributed by atoms with Gasteiger partial charge in [-0.3, -0.25) is 0 Å². The first-order valence-corrected chi connectivity index (χ1v) is 6.56. The first-order chi connectivity index (χ1) is 9.46. The molecule has 1 rings (SSSR count). The summed E-state index contributed by atoms with van der Waals surface area (Å²) < 4.78 is 0. The first kappa shape index (κ1) is 32.4. The fourth-order valence-electron chi connectivity index (χ4n) is 0.593. The molecular formula is C14H20Cl5NO. The number of phenols is 1. The van der Waals surface area contributed by atoms with Crippen LogP contribution in [0.15, 0.2) is 52.6 Å². The van der Waals surface area contributed by atoms with Crippen molar-refractivity contribution in [2.45, 2.75) is 0 Å². The molecule has 2 nitrogen and oxygen atoms in total. The molecule has 0 aliphatic rings. The molecule has 0 aliphatic heterocycles. The number of aromatic hydroxyl groups is 1. The number of hydrogen-bond acceptors (Lipinski definition) is 2. The molecule has 0 amide bonds. The van der Waals surface area contributed by atoms with Crippen LogP contribution in [0.4, 0.5) is 0 Å². The monoisotopic (exact) mass is 393 g/mol. The van der Waals surface area contributed by atoms with Crippen LogP contribution in [0.5, 0.6) is 5.75 Å². The number of phenolic OH excluding ortho intramolecular Hbond substituents is 1. The van der Waals surface area contributed by atoms with Crippen LogP contribution in [0.3, 0.4) is 0 Å². The van der Waals surface area contributed by atoms with Gasteiger partial charge in [-0.1, -0.05) is 58.0 Å². The molecule has 0 heterocycles. The zero-order valence-electron chi connectivity index (χ0n) is 11.7. The topological polar surface area (TPSA) is 55.2 Å². The highest BCUT2D eigenvalue weighted by molar-refractivity contribution is 6.55. The number of rotatable bonds is 0. The maximum absolute atomic E-state index is 9.20. The molecule has 0 unspecified atom stereocenters. The normalized spacial score (nSPS) is 6.71. The highest BCUT2D eigenvalue weighted by atomic mass is 35.5. The van der Waals surface area contributed by atoms with Gasteiger partial charge in [-0.25, -0.2) is 0 Å². The Morgan fingerprint density at radius 1 is 0.476 bits per heavy atom. The quantitative estimate of drug-likeness (QED) is 0.265. The smallest absolute Gasteiger partial charge is 0.155 e. The fraction of sp³-hybridized carbons (Fsp3) is 0. The van der Waals surface area contributed by atoms with Crippen LogP contribution < -0.4 is 6.15 Å². The van der Waals surface area contributed by atoms with Gasteiger partial charge >= 0.3 is 0 Å². The second kappa shape index (κ2) is 21.7. The van der Waals surface area contributed by atoms with Crippen molar-refractivity contribution in [1.29, 1.82) is 0 Å². The lowest BCUT2D eigenvalue weighted by Crippen LogP contribution is -1.78. The number of benzene rings is 1. The average molecular weight is 396 g/mol. The summed E-state index contributed by atoms with van der Waals surface area (Å²) in [6, 6.07) is 0. The highest BCUT2D eigenvalue weighted by Crippen LogP contribution is 2.47. The van der Waals surface area contributed by atoms with Crippen molar-refractivity contribution in [3.63, 3.8) is 0 Å². The third-order valence-electron chi connectivity index (χ3n) is 1.19. The van der Waals surface area contributed by atoms with E-state index in [0.717, 1.165) is 0 Å². The molecule has 0 aliphatic carbocycles. The first-order valence-electron chi connectivity index (χ1n) is 4.67. The maximum atomic E-state index is 9.20. The van der Waals surface area contributed by atoms with Crippen LogP contribution in [-0.4, -0.2) is 5.11 Å². The lowest BCUT2D eigenvalue weighted by atomic mass is 10.3. The minimum absolute atomic E-state index is 0. The molecule has 0 atom stereocenters. The van der Waals surface area contributed by atoms with Crippen LogP contribution in [0, 0.1) is 0 Å². The van der Waals surface area contributed by atoms with E-state index in [2.05, 4.69) is 52.6 Å². The van der Waals surface area contributed by atoms with Gasteiger partial charge in [0.1, 0.15) is 10.0 Å². The Morgan fingerprint density at radius 2 is 0.619 bits per heavy atom. The zero-order valence-corrected chi connectivity index (χ0v) is 15.5. The number of hydrogen-bond donors (Lipinski definition) is 2. The van der Waals surface area contributed by atoms with E-state index in [1.54, 1.807) is 0 Å². The van der Waals surface area contributed by atoms with Crippen molar-refractivity contribution in [3.8, 4) is 5.75 Å². The van der Waals surface area contributed by atoms with Crippen molar-refractivity contribution in [1.82, 2.24) is 6.15 Å². The van der Waals surface area contributed by atoms with Crippen molar-refractivity contribution in [2.75, 3.05) is 0 Å². The third-order valence-corrected chi connectivity index (χ3v) is 3.44. The van der Waals surface area contributed by atoms with E-state index in [4.69, 9.17) is 58.0 Å². The minimum atomic E-state index is -0.363. The minimum Gasteiger partial charge on any atom is -0.505 e. The Labute approximate surface area is 152 Å². The molecule has 122 valence electrons. The molecule has 4 N–H and O–H groups in total. The second-order valence-electron chi connectivity index (χ2n) is 1.92. The van der Waals surface area contributed by atoms with Crippen LogP contribution in [-0.2, 0) is 0 Å². The van der Waals surface area contributed by atoms with E-state index in [9.17, 15) is 5.11 Å². The van der Waals surface area contributed by atoms with E-state index in [1.807, 2.05) is 0 Å². The van der Waals surface area contributed by atoms with Gasteiger partial charge in [0.05, 0.1) is 15.1 Å². The molecule has 0 saturated carbocycles.